The molecule has 1 amide bonds. The van der Waals surface area contributed by atoms with Gasteiger partial charge in [-0.15, -0.1) is 0 Å². The van der Waals surface area contributed by atoms with E-state index in [1.54, 1.807) is 10.9 Å². The lowest BCUT2D eigenvalue weighted by atomic mass is 10.1. The first kappa shape index (κ1) is 22.4. The smallest absolute Gasteiger partial charge is 0.282 e. The number of hydrogen-bond donors (Lipinski definition) is 2. The highest BCUT2D eigenvalue weighted by molar-refractivity contribution is 6.34. The number of anilines is 2. The van der Waals surface area contributed by atoms with E-state index in [4.69, 9.17) is 22.1 Å². The van der Waals surface area contributed by atoms with E-state index in [1.165, 1.54) is 48.9 Å². The molecule has 3 aromatic heterocycles. The van der Waals surface area contributed by atoms with Crippen molar-refractivity contribution in [2.45, 2.75) is 18.9 Å². The number of pyridine rings is 1. The number of amides is 1. The van der Waals surface area contributed by atoms with Crippen molar-refractivity contribution >= 4 is 29.3 Å². The van der Waals surface area contributed by atoms with Crippen LogP contribution in [0.2, 0.25) is 5.02 Å². The van der Waals surface area contributed by atoms with Gasteiger partial charge < -0.3 is 10.5 Å². The highest BCUT2D eigenvalue weighted by Gasteiger charge is 2.27. The highest BCUT2D eigenvalue weighted by Crippen LogP contribution is 2.34. The maximum Gasteiger partial charge on any atom is 0.282 e. The Bertz CT molecular complexity index is 1470. The lowest BCUT2D eigenvalue weighted by Gasteiger charge is -2.11. The fourth-order valence-electron chi connectivity index (χ4n) is 3.26. The van der Waals surface area contributed by atoms with Crippen LogP contribution in [0.25, 0.3) is 11.1 Å². The van der Waals surface area contributed by atoms with Gasteiger partial charge in [0.05, 0.1) is 18.4 Å². The zero-order valence-corrected chi connectivity index (χ0v) is 18.7. The number of nitrogen functional groups attached to an aromatic ring is 1. The van der Waals surface area contributed by atoms with Gasteiger partial charge in [-0.2, -0.15) is 5.10 Å². The van der Waals surface area contributed by atoms with E-state index in [1.807, 2.05) is 0 Å². The van der Waals surface area contributed by atoms with Gasteiger partial charge in [0, 0.05) is 24.0 Å². The number of hydrogen-bond acceptors (Lipinski definition) is 8. The fourth-order valence-corrected chi connectivity index (χ4v) is 3.41. The van der Waals surface area contributed by atoms with Crippen LogP contribution < -0.4 is 21.2 Å². The molecule has 1 saturated carbocycles. The van der Waals surface area contributed by atoms with E-state index in [2.05, 4.69) is 25.4 Å². The van der Waals surface area contributed by atoms with Gasteiger partial charge in [0.2, 0.25) is 11.4 Å². The Hall–Kier alpha value is -4.38. The molecule has 176 valence electrons. The Kier molecular flexibility index (Phi) is 5.83. The molecule has 0 unspecified atom stereocenters. The molecule has 3 heterocycles. The molecule has 0 spiro atoms. The van der Waals surface area contributed by atoms with Gasteiger partial charge in [-0.3, -0.25) is 19.6 Å². The van der Waals surface area contributed by atoms with Crippen molar-refractivity contribution in [3.63, 3.8) is 0 Å². The van der Waals surface area contributed by atoms with Crippen LogP contribution >= 0.6 is 11.6 Å². The van der Waals surface area contributed by atoms with E-state index >= 15 is 0 Å². The molecule has 1 aliphatic carbocycles. The van der Waals surface area contributed by atoms with Crippen molar-refractivity contribution < 1.29 is 13.9 Å². The fraction of sp³-hybridized carbons (Fsp3) is 0.130. The van der Waals surface area contributed by atoms with Crippen molar-refractivity contribution in [3.05, 3.63) is 81.9 Å². The molecule has 0 atom stereocenters. The SMILES string of the molecule is Nc1nccc(Oc2cnc(NC(=O)c3nn(C4CC4)cc(-c4ccc(F)cc4)c3=O)nc2)c1Cl. The average Bonchev–Trinajstić information content (AvgIpc) is 3.70. The molecular weight excluding hydrogens is 477 g/mol. The first-order chi connectivity index (χ1) is 16.9. The minimum absolute atomic E-state index is 0.0611. The van der Waals surface area contributed by atoms with Gasteiger partial charge in [-0.1, -0.05) is 23.7 Å². The highest BCUT2D eigenvalue weighted by atomic mass is 35.5. The van der Waals surface area contributed by atoms with Crippen molar-refractivity contribution in [2.75, 3.05) is 11.1 Å². The molecule has 35 heavy (non-hydrogen) atoms. The monoisotopic (exact) mass is 493 g/mol. The Balaban J connectivity index is 1.39. The number of halogens is 2. The summed E-state index contributed by atoms with van der Waals surface area (Å²) >= 11 is 6.06. The summed E-state index contributed by atoms with van der Waals surface area (Å²) in [5.41, 5.74) is 5.48. The summed E-state index contributed by atoms with van der Waals surface area (Å²) in [6, 6.07) is 7.09. The van der Waals surface area contributed by atoms with Gasteiger partial charge in [-0.25, -0.2) is 19.3 Å². The van der Waals surface area contributed by atoms with Crippen molar-refractivity contribution in [2.24, 2.45) is 0 Å². The Labute approximate surface area is 202 Å². The molecule has 1 aliphatic rings. The van der Waals surface area contributed by atoms with E-state index in [0.717, 1.165) is 12.8 Å². The van der Waals surface area contributed by atoms with E-state index < -0.39 is 17.2 Å². The van der Waals surface area contributed by atoms with Gasteiger partial charge in [-0.05, 0) is 30.5 Å². The molecule has 10 nitrogen and oxygen atoms in total. The van der Waals surface area contributed by atoms with Gasteiger partial charge in [0.1, 0.15) is 16.7 Å². The van der Waals surface area contributed by atoms with Crippen LogP contribution in [0, 0.1) is 5.82 Å². The molecule has 1 aromatic carbocycles. The van der Waals surface area contributed by atoms with Crippen molar-refractivity contribution in [3.8, 4) is 22.6 Å². The van der Waals surface area contributed by atoms with Crippen LogP contribution in [0.15, 0.2) is 59.9 Å². The Morgan fingerprint density at radius 3 is 2.54 bits per heavy atom. The number of carbonyl (C=O) groups is 1. The van der Waals surface area contributed by atoms with E-state index in [9.17, 15) is 14.0 Å². The molecule has 0 bridgehead atoms. The lowest BCUT2D eigenvalue weighted by Crippen LogP contribution is -2.28. The number of benzene rings is 1. The first-order valence-electron chi connectivity index (χ1n) is 10.5. The second-order valence-electron chi connectivity index (χ2n) is 7.75. The number of ether oxygens (including phenoxy) is 1. The molecule has 1 fully saturated rings. The summed E-state index contributed by atoms with van der Waals surface area (Å²) in [6.07, 6.45) is 7.44. The molecule has 12 heteroatoms. The number of nitrogens with two attached hydrogens (primary N) is 1. The van der Waals surface area contributed by atoms with Crippen LogP contribution in [0.1, 0.15) is 29.4 Å². The summed E-state index contributed by atoms with van der Waals surface area (Å²) in [7, 11) is 0. The Morgan fingerprint density at radius 1 is 1.14 bits per heavy atom. The predicted octanol–water partition coefficient (Wildman–Crippen LogP) is 3.85. The van der Waals surface area contributed by atoms with Crippen molar-refractivity contribution in [1.29, 1.82) is 0 Å². The Morgan fingerprint density at radius 2 is 1.86 bits per heavy atom. The van der Waals surface area contributed by atoms with Gasteiger partial charge in [0.25, 0.3) is 5.91 Å². The summed E-state index contributed by atoms with van der Waals surface area (Å²) in [5.74, 6) is -0.644. The molecule has 0 aliphatic heterocycles. The summed E-state index contributed by atoms with van der Waals surface area (Å²) in [6.45, 7) is 0. The number of rotatable bonds is 6. The second kappa shape index (κ2) is 9.11. The zero-order valence-electron chi connectivity index (χ0n) is 18.0. The topological polar surface area (TPSA) is 138 Å². The number of nitrogens with zero attached hydrogens (tertiary/aromatic N) is 5. The third kappa shape index (κ3) is 4.80. The standard InChI is InChI=1S/C23H17ClFN7O3/c24-18-17(7-8-27-21(18)26)35-15-9-28-23(29-10-15)30-22(34)19-20(33)16(11-32(31-19)14-5-6-14)12-1-3-13(25)4-2-12/h1-4,7-11,14H,5-6H2,(H2,26,27)(H,28,29,30,34). The maximum atomic E-state index is 13.4. The molecule has 4 aromatic rings. The summed E-state index contributed by atoms with van der Waals surface area (Å²) in [4.78, 5) is 38.0. The largest absolute Gasteiger partial charge is 0.452 e. The van der Waals surface area contributed by atoms with E-state index in [-0.39, 0.29) is 45.6 Å². The van der Waals surface area contributed by atoms with Crippen LogP contribution in [0.5, 0.6) is 11.5 Å². The lowest BCUT2D eigenvalue weighted by molar-refractivity contribution is 0.101. The summed E-state index contributed by atoms with van der Waals surface area (Å²) in [5, 5.41) is 6.85. The normalized spacial score (nSPS) is 12.9. The molecule has 5 rings (SSSR count). The third-order valence-corrected chi connectivity index (χ3v) is 5.57. The molecular formula is C23H17ClFN7O3. The van der Waals surface area contributed by atoms with Crippen LogP contribution in [-0.4, -0.2) is 30.6 Å². The average molecular weight is 494 g/mol. The third-order valence-electron chi connectivity index (χ3n) is 5.19. The van der Waals surface area contributed by atoms with Gasteiger partial charge >= 0.3 is 0 Å². The van der Waals surface area contributed by atoms with Gasteiger partial charge in [0.15, 0.2) is 17.2 Å². The molecule has 0 saturated heterocycles. The zero-order chi connectivity index (χ0) is 24.5. The number of nitrogens with one attached hydrogen (secondary N) is 1. The first-order valence-corrected chi connectivity index (χ1v) is 10.9. The molecule has 3 N–H and O–H groups in total. The number of aromatic nitrogens is 5. The van der Waals surface area contributed by atoms with Crippen LogP contribution in [0.3, 0.4) is 0 Å². The second-order valence-corrected chi connectivity index (χ2v) is 8.12. The minimum Gasteiger partial charge on any atom is -0.452 e. The number of carbonyl (C=O) groups excluding carboxylic acids is 1. The minimum atomic E-state index is -0.771. The predicted molar refractivity (Wildman–Crippen MR) is 126 cm³/mol. The molecule has 0 radical (unpaired) electrons. The summed E-state index contributed by atoms with van der Waals surface area (Å²) < 4.78 is 20.5. The van der Waals surface area contributed by atoms with E-state index in [0.29, 0.717) is 5.56 Å². The maximum absolute atomic E-state index is 13.4. The quantitative estimate of drug-likeness (QED) is 0.413. The van der Waals surface area contributed by atoms with Crippen LogP contribution in [0.4, 0.5) is 16.2 Å². The van der Waals surface area contributed by atoms with Crippen molar-refractivity contribution in [1.82, 2.24) is 24.7 Å². The van der Waals surface area contributed by atoms with Crippen LogP contribution in [-0.2, 0) is 0 Å².